The average Bonchev–Trinajstić information content (AvgIpc) is 2.42. The topological polar surface area (TPSA) is 34.9 Å². The summed E-state index contributed by atoms with van der Waals surface area (Å²) in [7, 11) is 0. The zero-order valence-electron chi connectivity index (χ0n) is 10.9. The van der Waals surface area contributed by atoms with Crippen molar-refractivity contribution in [1.29, 1.82) is 0 Å². The molecule has 0 bridgehead atoms. The molecule has 3 rings (SSSR count). The molecule has 0 atom stereocenters. The Hall–Kier alpha value is -2.42. The van der Waals surface area contributed by atoms with Gasteiger partial charge in [-0.25, -0.2) is 4.98 Å². The summed E-state index contributed by atoms with van der Waals surface area (Å²) in [6, 6.07) is 13.2. The van der Waals surface area contributed by atoms with Crippen molar-refractivity contribution >= 4 is 10.9 Å². The fourth-order valence-electron chi connectivity index (χ4n) is 2.23. The first kappa shape index (κ1) is 11.7. The number of aryl methyl sites for hydroxylation is 2. The van der Waals surface area contributed by atoms with Gasteiger partial charge in [-0.15, -0.1) is 0 Å². The Morgan fingerprint density at radius 3 is 2.53 bits per heavy atom. The summed E-state index contributed by atoms with van der Waals surface area (Å²) in [4.78, 5) is 16.4. The van der Waals surface area contributed by atoms with Gasteiger partial charge >= 0.3 is 0 Å². The van der Waals surface area contributed by atoms with Crippen molar-refractivity contribution in [1.82, 2.24) is 9.55 Å². The smallest absolute Gasteiger partial charge is 0.256 e. The highest BCUT2D eigenvalue weighted by atomic mass is 16.1. The molecule has 0 saturated heterocycles. The molecule has 3 heteroatoms. The number of aromatic nitrogens is 2. The molecule has 1 aromatic carbocycles. The van der Waals surface area contributed by atoms with Crippen LogP contribution in [0, 0.1) is 13.8 Å². The normalized spacial score (nSPS) is 10.8. The number of pyridine rings is 2. The SMILES string of the molecule is Cc1cc2ccc(=O)n(-c3ccccn3)c2cc1C. The molecule has 19 heavy (non-hydrogen) atoms. The molecule has 3 nitrogen and oxygen atoms in total. The summed E-state index contributed by atoms with van der Waals surface area (Å²) in [5, 5.41) is 1.05. The molecular formula is C16H14N2O. The first-order chi connectivity index (χ1) is 9.16. The number of benzene rings is 1. The van der Waals surface area contributed by atoms with E-state index in [-0.39, 0.29) is 5.56 Å². The molecule has 0 amide bonds. The Labute approximate surface area is 111 Å². The number of hydrogen-bond acceptors (Lipinski definition) is 2. The van der Waals surface area contributed by atoms with Gasteiger partial charge in [-0.05, 0) is 60.7 Å². The summed E-state index contributed by atoms with van der Waals surface area (Å²) in [6.45, 7) is 4.12. The minimum Gasteiger partial charge on any atom is -0.269 e. The minimum atomic E-state index is -0.0607. The monoisotopic (exact) mass is 250 g/mol. The highest BCUT2D eigenvalue weighted by Gasteiger charge is 2.07. The lowest BCUT2D eigenvalue weighted by molar-refractivity contribution is 0.983. The van der Waals surface area contributed by atoms with E-state index < -0.39 is 0 Å². The van der Waals surface area contributed by atoms with Gasteiger partial charge in [-0.2, -0.15) is 0 Å². The zero-order valence-corrected chi connectivity index (χ0v) is 10.9. The number of nitrogens with zero attached hydrogens (tertiary/aromatic N) is 2. The van der Waals surface area contributed by atoms with Crippen LogP contribution in [-0.2, 0) is 0 Å². The summed E-state index contributed by atoms with van der Waals surface area (Å²) in [6.07, 6.45) is 1.70. The highest BCUT2D eigenvalue weighted by molar-refractivity contribution is 5.82. The number of hydrogen-bond donors (Lipinski definition) is 0. The Kier molecular flexibility index (Phi) is 2.67. The third-order valence-corrected chi connectivity index (χ3v) is 3.39. The van der Waals surface area contributed by atoms with Crippen LogP contribution in [-0.4, -0.2) is 9.55 Å². The third kappa shape index (κ3) is 1.93. The van der Waals surface area contributed by atoms with E-state index in [0.29, 0.717) is 5.82 Å². The second kappa shape index (κ2) is 4.35. The van der Waals surface area contributed by atoms with Gasteiger partial charge < -0.3 is 0 Å². The molecule has 0 aliphatic rings. The Bertz CT molecular complexity index is 804. The first-order valence-corrected chi connectivity index (χ1v) is 6.21. The van der Waals surface area contributed by atoms with Crippen LogP contribution in [0.4, 0.5) is 0 Å². The summed E-state index contributed by atoms with van der Waals surface area (Å²) < 4.78 is 1.65. The van der Waals surface area contributed by atoms with Crippen molar-refractivity contribution in [2.45, 2.75) is 13.8 Å². The lowest BCUT2D eigenvalue weighted by Crippen LogP contribution is -2.18. The van der Waals surface area contributed by atoms with Gasteiger partial charge in [0.15, 0.2) is 0 Å². The van der Waals surface area contributed by atoms with Crippen LogP contribution in [0.15, 0.2) is 53.5 Å². The van der Waals surface area contributed by atoms with Crippen LogP contribution in [0.5, 0.6) is 0 Å². The van der Waals surface area contributed by atoms with E-state index >= 15 is 0 Å². The molecule has 0 spiro atoms. The Morgan fingerprint density at radius 1 is 1.00 bits per heavy atom. The summed E-state index contributed by atoms with van der Waals surface area (Å²) in [5.74, 6) is 0.654. The van der Waals surface area contributed by atoms with Crippen molar-refractivity contribution in [2.24, 2.45) is 0 Å². The van der Waals surface area contributed by atoms with E-state index in [9.17, 15) is 4.79 Å². The first-order valence-electron chi connectivity index (χ1n) is 6.21. The predicted octanol–water partition coefficient (Wildman–Crippen LogP) is 3.00. The van der Waals surface area contributed by atoms with Gasteiger partial charge in [0.25, 0.3) is 5.56 Å². The van der Waals surface area contributed by atoms with Crippen LogP contribution < -0.4 is 5.56 Å². The van der Waals surface area contributed by atoms with Crippen LogP contribution in [0.25, 0.3) is 16.7 Å². The molecule has 3 aromatic rings. The average molecular weight is 250 g/mol. The Balaban J connectivity index is 2.44. The van der Waals surface area contributed by atoms with Crippen LogP contribution >= 0.6 is 0 Å². The molecule has 0 unspecified atom stereocenters. The molecule has 0 saturated carbocycles. The molecule has 0 aliphatic heterocycles. The standard InChI is InChI=1S/C16H14N2O/c1-11-9-13-6-7-16(19)18(14(13)10-12(11)2)15-5-3-4-8-17-15/h3-10H,1-2H3. The molecule has 2 aromatic heterocycles. The van der Waals surface area contributed by atoms with Crippen LogP contribution in [0.2, 0.25) is 0 Å². The molecular weight excluding hydrogens is 236 g/mol. The van der Waals surface area contributed by atoms with Crippen molar-refractivity contribution in [2.75, 3.05) is 0 Å². The molecule has 0 radical (unpaired) electrons. The lowest BCUT2D eigenvalue weighted by Gasteiger charge is -2.11. The largest absolute Gasteiger partial charge is 0.269 e. The Morgan fingerprint density at radius 2 is 1.79 bits per heavy atom. The van der Waals surface area contributed by atoms with Crippen LogP contribution in [0.3, 0.4) is 0 Å². The van der Waals surface area contributed by atoms with Gasteiger partial charge in [0.2, 0.25) is 0 Å². The van der Waals surface area contributed by atoms with E-state index in [1.807, 2.05) is 30.3 Å². The van der Waals surface area contributed by atoms with E-state index in [4.69, 9.17) is 0 Å². The maximum atomic E-state index is 12.2. The highest BCUT2D eigenvalue weighted by Crippen LogP contribution is 2.19. The number of fused-ring (bicyclic) bond motifs is 1. The van der Waals surface area contributed by atoms with Gasteiger partial charge in [-0.1, -0.05) is 6.07 Å². The van der Waals surface area contributed by atoms with Crippen LogP contribution in [0.1, 0.15) is 11.1 Å². The molecule has 0 N–H and O–H groups in total. The number of rotatable bonds is 1. The molecule has 2 heterocycles. The van der Waals surface area contributed by atoms with E-state index in [1.54, 1.807) is 16.8 Å². The second-order valence-corrected chi connectivity index (χ2v) is 4.69. The van der Waals surface area contributed by atoms with E-state index in [0.717, 1.165) is 10.9 Å². The van der Waals surface area contributed by atoms with Crippen molar-refractivity contribution in [3.8, 4) is 5.82 Å². The van der Waals surface area contributed by atoms with E-state index in [2.05, 4.69) is 24.9 Å². The zero-order chi connectivity index (χ0) is 13.4. The summed E-state index contributed by atoms with van der Waals surface area (Å²) >= 11 is 0. The maximum Gasteiger partial charge on any atom is 0.256 e. The maximum absolute atomic E-state index is 12.2. The predicted molar refractivity (Wildman–Crippen MR) is 76.8 cm³/mol. The van der Waals surface area contributed by atoms with Gasteiger partial charge in [-0.3, -0.25) is 9.36 Å². The fourth-order valence-corrected chi connectivity index (χ4v) is 2.23. The van der Waals surface area contributed by atoms with Gasteiger partial charge in [0, 0.05) is 12.3 Å². The molecule has 0 aliphatic carbocycles. The van der Waals surface area contributed by atoms with Crippen molar-refractivity contribution in [3.63, 3.8) is 0 Å². The van der Waals surface area contributed by atoms with Gasteiger partial charge in [0.1, 0.15) is 5.82 Å². The quantitative estimate of drug-likeness (QED) is 0.665. The summed E-state index contributed by atoms with van der Waals surface area (Å²) in [5.41, 5.74) is 3.23. The third-order valence-electron chi connectivity index (χ3n) is 3.39. The lowest BCUT2D eigenvalue weighted by atomic mass is 10.1. The minimum absolute atomic E-state index is 0.0607. The van der Waals surface area contributed by atoms with Crippen molar-refractivity contribution in [3.05, 3.63) is 70.1 Å². The second-order valence-electron chi connectivity index (χ2n) is 4.69. The van der Waals surface area contributed by atoms with E-state index in [1.165, 1.54) is 11.1 Å². The molecule has 94 valence electrons. The fraction of sp³-hybridized carbons (Fsp3) is 0.125. The van der Waals surface area contributed by atoms with Gasteiger partial charge in [0.05, 0.1) is 5.52 Å². The molecule has 0 fully saturated rings. The van der Waals surface area contributed by atoms with Crippen molar-refractivity contribution < 1.29 is 0 Å².